The molecule has 9 heteroatoms. The van der Waals surface area contributed by atoms with Crippen molar-refractivity contribution in [3.63, 3.8) is 0 Å². The molecule has 0 aliphatic heterocycles. The Labute approximate surface area is 172 Å². The van der Waals surface area contributed by atoms with Crippen LogP contribution in [0.1, 0.15) is 71.4 Å². The summed E-state index contributed by atoms with van der Waals surface area (Å²) in [5.74, 6) is -1.40. The molecule has 3 rings (SSSR count). The van der Waals surface area contributed by atoms with E-state index in [1.54, 1.807) is 45.9 Å². The van der Waals surface area contributed by atoms with Crippen molar-refractivity contribution in [3.05, 3.63) is 52.6 Å². The number of para-hydroxylation sites is 2. The predicted molar refractivity (Wildman–Crippen MR) is 106 cm³/mol. The van der Waals surface area contributed by atoms with Crippen molar-refractivity contribution in [2.75, 3.05) is 0 Å². The number of esters is 2. The van der Waals surface area contributed by atoms with Crippen molar-refractivity contribution < 1.29 is 27.8 Å². The number of imidazole rings is 1. The first-order chi connectivity index (χ1) is 14.1. The molecule has 2 aromatic heterocycles. The Hall–Kier alpha value is -3.23. The number of halogens is 2. The zero-order valence-corrected chi connectivity index (χ0v) is 17.3. The first-order valence-electron chi connectivity index (χ1n) is 9.48. The number of ether oxygens (including phenoxy) is 2. The monoisotopic (exact) mass is 419 g/mol. The van der Waals surface area contributed by atoms with Crippen molar-refractivity contribution in [2.45, 2.75) is 53.4 Å². The largest absolute Gasteiger partial charge is 0.459 e. The Bertz CT molecular complexity index is 1100. The van der Waals surface area contributed by atoms with Gasteiger partial charge in [-0.15, -0.1) is 0 Å². The molecule has 0 saturated carbocycles. The summed E-state index contributed by atoms with van der Waals surface area (Å²) < 4.78 is 38.7. The zero-order chi connectivity index (χ0) is 22.2. The van der Waals surface area contributed by atoms with Gasteiger partial charge in [0.15, 0.2) is 11.9 Å². The van der Waals surface area contributed by atoms with Crippen LogP contribution in [0.15, 0.2) is 24.3 Å². The standard InChI is InChI=1S/C21H23F2N3O4/c1-10(2)29-19(27)16-11(3)17(24-12(16)4)20(28)30-13(5)18-25-14-8-6-7-9-15(14)26(18)21(22)23/h6-10,13,21,24H,1-5H3. The van der Waals surface area contributed by atoms with Gasteiger partial charge in [0.05, 0.1) is 22.7 Å². The molecule has 3 aromatic rings. The number of aromatic amines is 1. The second-order valence-corrected chi connectivity index (χ2v) is 7.23. The molecule has 2 heterocycles. The molecule has 0 bridgehead atoms. The molecule has 1 unspecified atom stereocenters. The Morgan fingerprint density at radius 2 is 1.73 bits per heavy atom. The number of alkyl halides is 2. The van der Waals surface area contributed by atoms with Gasteiger partial charge in [-0.1, -0.05) is 12.1 Å². The number of fused-ring (bicyclic) bond motifs is 1. The van der Waals surface area contributed by atoms with Gasteiger partial charge < -0.3 is 14.5 Å². The molecule has 160 valence electrons. The summed E-state index contributed by atoms with van der Waals surface area (Å²) in [5.41, 5.74) is 1.77. The summed E-state index contributed by atoms with van der Waals surface area (Å²) in [4.78, 5) is 32.1. The maximum atomic E-state index is 13.6. The van der Waals surface area contributed by atoms with Crippen LogP contribution in [0.5, 0.6) is 0 Å². The molecule has 1 atom stereocenters. The quantitative estimate of drug-likeness (QED) is 0.577. The van der Waals surface area contributed by atoms with E-state index in [1.807, 2.05) is 0 Å². The van der Waals surface area contributed by atoms with Crippen LogP contribution in [0, 0.1) is 13.8 Å². The highest BCUT2D eigenvalue weighted by atomic mass is 19.3. The zero-order valence-electron chi connectivity index (χ0n) is 17.3. The third kappa shape index (κ3) is 3.92. The van der Waals surface area contributed by atoms with Crippen LogP contribution in [0.2, 0.25) is 0 Å². The Balaban J connectivity index is 1.89. The van der Waals surface area contributed by atoms with Crippen molar-refractivity contribution in [1.82, 2.24) is 14.5 Å². The van der Waals surface area contributed by atoms with E-state index >= 15 is 0 Å². The van der Waals surface area contributed by atoms with Gasteiger partial charge >= 0.3 is 18.5 Å². The fourth-order valence-electron chi connectivity index (χ4n) is 3.36. The van der Waals surface area contributed by atoms with Gasteiger partial charge in [0.1, 0.15) is 5.69 Å². The third-order valence-corrected chi connectivity index (χ3v) is 4.65. The van der Waals surface area contributed by atoms with Gasteiger partial charge in [-0.25, -0.2) is 14.6 Å². The number of rotatable bonds is 6. The molecule has 0 aliphatic rings. The molecule has 0 fully saturated rings. The molecule has 0 saturated heterocycles. The van der Waals surface area contributed by atoms with Crippen molar-refractivity contribution >= 4 is 23.0 Å². The number of nitrogens with zero attached hydrogens (tertiary/aromatic N) is 2. The van der Waals surface area contributed by atoms with Gasteiger partial charge in [0.2, 0.25) is 0 Å². The Morgan fingerprint density at radius 1 is 1.07 bits per heavy atom. The molecule has 30 heavy (non-hydrogen) atoms. The second-order valence-electron chi connectivity index (χ2n) is 7.23. The minimum absolute atomic E-state index is 0.0646. The number of hydrogen-bond acceptors (Lipinski definition) is 5. The second kappa shape index (κ2) is 8.25. The van der Waals surface area contributed by atoms with Gasteiger partial charge in [-0.3, -0.25) is 4.57 Å². The maximum absolute atomic E-state index is 13.6. The highest BCUT2D eigenvalue weighted by Crippen LogP contribution is 2.29. The fourth-order valence-corrected chi connectivity index (χ4v) is 3.36. The first-order valence-corrected chi connectivity index (χ1v) is 9.48. The molecule has 0 radical (unpaired) electrons. The number of benzene rings is 1. The van der Waals surface area contributed by atoms with Crippen LogP contribution in [0.3, 0.4) is 0 Å². The van der Waals surface area contributed by atoms with Crippen LogP contribution < -0.4 is 0 Å². The Kier molecular flexibility index (Phi) is 5.91. The lowest BCUT2D eigenvalue weighted by Crippen LogP contribution is -2.16. The highest BCUT2D eigenvalue weighted by molar-refractivity contribution is 5.98. The maximum Gasteiger partial charge on any atom is 0.355 e. The normalized spacial score (nSPS) is 12.6. The fraction of sp³-hybridized carbons (Fsp3) is 0.381. The van der Waals surface area contributed by atoms with E-state index in [0.717, 1.165) is 4.57 Å². The minimum Gasteiger partial charge on any atom is -0.459 e. The lowest BCUT2D eigenvalue weighted by atomic mass is 10.1. The molecular formula is C21H23F2N3O4. The van der Waals surface area contributed by atoms with E-state index in [0.29, 0.717) is 16.8 Å². The van der Waals surface area contributed by atoms with Crippen molar-refractivity contribution in [1.29, 1.82) is 0 Å². The van der Waals surface area contributed by atoms with E-state index in [-0.39, 0.29) is 28.7 Å². The number of H-pyrrole nitrogens is 1. The summed E-state index contributed by atoms with van der Waals surface area (Å²) in [7, 11) is 0. The molecule has 7 nitrogen and oxygen atoms in total. The summed E-state index contributed by atoms with van der Waals surface area (Å²) in [6.45, 7) is 5.30. The lowest BCUT2D eigenvalue weighted by molar-refractivity contribution is 0.0227. The first kappa shape index (κ1) is 21.5. The summed E-state index contributed by atoms with van der Waals surface area (Å²) in [5, 5.41) is 0. The van der Waals surface area contributed by atoms with Gasteiger partial charge in [-0.05, 0) is 52.3 Å². The van der Waals surface area contributed by atoms with Gasteiger partial charge in [0.25, 0.3) is 0 Å². The molecule has 0 spiro atoms. The van der Waals surface area contributed by atoms with Gasteiger partial charge in [0, 0.05) is 5.69 Å². The Morgan fingerprint density at radius 3 is 2.37 bits per heavy atom. The molecule has 0 amide bonds. The summed E-state index contributed by atoms with van der Waals surface area (Å²) in [6, 6.07) is 6.45. The van der Waals surface area contributed by atoms with Crippen molar-refractivity contribution in [2.24, 2.45) is 0 Å². The third-order valence-electron chi connectivity index (χ3n) is 4.65. The number of carbonyl (C=O) groups excluding carboxylic acids is 2. The number of aryl methyl sites for hydroxylation is 1. The van der Waals surface area contributed by atoms with Crippen LogP contribution in [-0.4, -0.2) is 32.6 Å². The number of aromatic nitrogens is 3. The minimum atomic E-state index is -2.85. The van der Waals surface area contributed by atoms with E-state index in [1.165, 1.54) is 13.0 Å². The average molecular weight is 419 g/mol. The highest BCUT2D eigenvalue weighted by Gasteiger charge is 2.28. The lowest BCUT2D eigenvalue weighted by Gasteiger charge is -2.15. The summed E-state index contributed by atoms with van der Waals surface area (Å²) >= 11 is 0. The van der Waals surface area contributed by atoms with Crippen molar-refractivity contribution in [3.8, 4) is 0 Å². The smallest absolute Gasteiger partial charge is 0.355 e. The molecule has 1 N–H and O–H groups in total. The van der Waals surface area contributed by atoms with E-state index in [2.05, 4.69) is 9.97 Å². The van der Waals surface area contributed by atoms with Crippen LogP contribution in [0.4, 0.5) is 8.78 Å². The summed E-state index contributed by atoms with van der Waals surface area (Å²) in [6.07, 6.45) is -1.36. The van der Waals surface area contributed by atoms with Crippen LogP contribution in [0.25, 0.3) is 11.0 Å². The predicted octanol–water partition coefficient (Wildman–Crippen LogP) is 4.86. The van der Waals surface area contributed by atoms with Crippen LogP contribution in [-0.2, 0) is 9.47 Å². The van der Waals surface area contributed by atoms with E-state index in [4.69, 9.17) is 9.47 Å². The SMILES string of the molecule is Cc1[nH]c(C(=O)OC(C)c2nc3ccccc3n2C(F)F)c(C)c1C(=O)OC(C)C. The average Bonchev–Trinajstić information content (AvgIpc) is 3.18. The molecule has 0 aliphatic carbocycles. The number of hydrogen-bond donors (Lipinski definition) is 1. The topological polar surface area (TPSA) is 86.2 Å². The number of nitrogens with one attached hydrogen (secondary N) is 1. The van der Waals surface area contributed by atoms with Gasteiger partial charge in [-0.2, -0.15) is 8.78 Å². The molecule has 1 aromatic carbocycles. The number of carbonyl (C=O) groups is 2. The van der Waals surface area contributed by atoms with E-state index in [9.17, 15) is 18.4 Å². The van der Waals surface area contributed by atoms with Crippen LogP contribution >= 0.6 is 0 Å². The van der Waals surface area contributed by atoms with E-state index < -0.39 is 24.6 Å². The molecular weight excluding hydrogens is 396 g/mol.